The van der Waals surface area contributed by atoms with Crippen LogP contribution < -0.4 is 8.92 Å². The molecule has 0 bridgehead atoms. The van der Waals surface area contributed by atoms with Gasteiger partial charge in [-0.25, -0.2) is 0 Å². The van der Waals surface area contributed by atoms with Crippen LogP contribution in [0.5, 0.6) is 11.5 Å². The summed E-state index contributed by atoms with van der Waals surface area (Å²) in [7, 11) is -3.95. The molecule has 0 saturated heterocycles. The SMILES string of the molecule is C=CC[C@H](OC(CCc1ccc(OCc2ccccc2)cc1)OC(C)=O)c1ccc(OS(=O)(=O)c2ccccc2)cc1. The lowest BCUT2D eigenvalue weighted by Crippen LogP contribution is -2.23. The Bertz CT molecular complexity index is 1520. The van der Waals surface area contributed by atoms with Gasteiger partial charge in [0.25, 0.3) is 0 Å². The highest BCUT2D eigenvalue weighted by Crippen LogP contribution is 2.28. The van der Waals surface area contributed by atoms with Crippen LogP contribution >= 0.6 is 0 Å². The smallest absolute Gasteiger partial charge is 0.339 e. The van der Waals surface area contributed by atoms with Crippen molar-refractivity contribution < 1.29 is 31.6 Å². The van der Waals surface area contributed by atoms with Crippen LogP contribution in [0.2, 0.25) is 0 Å². The van der Waals surface area contributed by atoms with Crippen molar-refractivity contribution in [3.63, 3.8) is 0 Å². The topological polar surface area (TPSA) is 88.1 Å². The van der Waals surface area contributed by atoms with E-state index in [-0.39, 0.29) is 10.6 Å². The minimum absolute atomic E-state index is 0.0699. The number of esters is 1. The van der Waals surface area contributed by atoms with Gasteiger partial charge >= 0.3 is 16.1 Å². The molecule has 8 heteroatoms. The number of carbonyl (C=O) groups excluding carboxylic acids is 1. The van der Waals surface area contributed by atoms with Crippen LogP contribution in [0.3, 0.4) is 0 Å². The van der Waals surface area contributed by atoms with Crippen LogP contribution in [0.4, 0.5) is 0 Å². The highest BCUT2D eigenvalue weighted by molar-refractivity contribution is 7.87. The number of aryl methyl sites for hydroxylation is 1. The van der Waals surface area contributed by atoms with Gasteiger partial charge in [0.2, 0.25) is 6.29 Å². The van der Waals surface area contributed by atoms with E-state index in [1.165, 1.54) is 19.1 Å². The van der Waals surface area contributed by atoms with Gasteiger partial charge in [-0.15, -0.1) is 6.58 Å². The molecule has 0 amide bonds. The van der Waals surface area contributed by atoms with E-state index in [0.717, 1.165) is 22.4 Å². The second kappa shape index (κ2) is 15.0. The summed E-state index contributed by atoms with van der Waals surface area (Å²) in [5, 5.41) is 0. The molecule has 0 aromatic heterocycles. The maximum atomic E-state index is 12.6. The Morgan fingerprint density at radius 3 is 2.05 bits per heavy atom. The average molecular weight is 587 g/mol. The number of carbonyl (C=O) groups is 1. The minimum atomic E-state index is -3.95. The molecule has 4 rings (SSSR count). The first kappa shape index (κ1) is 30.6. The van der Waals surface area contributed by atoms with Crippen molar-refractivity contribution in [3.05, 3.63) is 139 Å². The third kappa shape index (κ3) is 9.33. The van der Waals surface area contributed by atoms with Gasteiger partial charge in [-0.1, -0.05) is 78.9 Å². The third-order valence-electron chi connectivity index (χ3n) is 6.32. The Kier molecular flexibility index (Phi) is 10.9. The first-order valence-electron chi connectivity index (χ1n) is 13.6. The second-order valence-electron chi connectivity index (χ2n) is 9.56. The molecule has 1 unspecified atom stereocenters. The lowest BCUT2D eigenvalue weighted by atomic mass is 10.1. The second-order valence-corrected chi connectivity index (χ2v) is 11.1. The largest absolute Gasteiger partial charge is 0.489 e. The van der Waals surface area contributed by atoms with E-state index in [4.69, 9.17) is 18.4 Å². The highest BCUT2D eigenvalue weighted by Gasteiger charge is 2.21. The van der Waals surface area contributed by atoms with E-state index in [0.29, 0.717) is 25.9 Å². The van der Waals surface area contributed by atoms with Gasteiger partial charge < -0.3 is 18.4 Å². The Morgan fingerprint density at radius 1 is 0.810 bits per heavy atom. The summed E-state index contributed by atoms with van der Waals surface area (Å²) in [6.07, 6.45) is 1.95. The van der Waals surface area contributed by atoms with Crippen LogP contribution in [-0.4, -0.2) is 20.7 Å². The van der Waals surface area contributed by atoms with Crippen LogP contribution in [0.15, 0.2) is 127 Å². The summed E-state index contributed by atoms with van der Waals surface area (Å²) in [5.74, 6) is 0.495. The molecular formula is C34H34O7S. The predicted molar refractivity (Wildman–Crippen MR) is 160 cm³/mol. The van der Waals surface area contributed by atoms with Crippen molar-refractivity contribution in [2.45, 2.75) is 50.1 Å². The molecule has 0 heterocycles. The zero-order valence-corrected chi connectivity index (χ0v) is 24.2. The fraction of sp³-hybridized carbons (Fsp3) is 0.206. The number of hydrogen-bond donors (Lipinski definition) is 0. The van der Waals surface area contributed by atoms with Gasteiger partial charge in [-0.3, -0.25) is 4.79 Å². The lowest BCUT2D eigenvalue weighted by Gasteiger charge is -2.24. The number of ether oxygens (including phenoxy) is 3. The normalized spacial score (nSPS) is 12.6. The predicted octanol–water partition coefficient (Wildman–Crippen LogP) is 7.19. The Hall–Kier alpha value is -4.40. The Morgan fingerprint density at radius 2 is 1.43 bits per heavy atom. The van der Waals surface area contributed by atoms with Crippen molar-refractivity contribution in [1.29, 1.82) is 0 Å². The molecule has 0 aliphatic rings. The van der Waals surface area contributed by atoms with Crippen molar-refractivity contribution in [2.75, 3.05) is 0 Å². The fourth-order valence-corrected chi connectivity index (χ4v) is 5.17. The molecule has 42 heavy (non-hydrogen) atoms. The van der Waals surface area contributed by atoms with Gasteiger partial charge in [-0.2, -0.15) is 8.42 Å². The molecule has 7 nitrogen and oxygen atoms in total. The zero-order valence-electron chi connectivity index (χ0n) is 23.4. The van der Waals surface area contributed by atoms with Crippen molar-refractivity contribution in [2.24, 2.45) is 0 Å². The van der Waals surface area contributed by atoms with Crippen LogP contribution in [-0.2, 0) is 37.4 Å². The van der Waals surface area contributed by atoms with Crippen LogP contribution in [0.1, 0.15) is 42.6 Å². The molecule has 0 N–H and O–H groups in total. The van der Waals surface area contributed by atoms with E-state index in [9.17, 15) is 13.2 Å². The van der Waals surface area contributed by atoms with Crippen molar-refractivity contribution in [3.8, 4) is 11.5 Å². The van der Waals surface area contributed by atoms with Gasteiger partial charge in [0.1, 0.15) is 23.0 Å². The molecule has 4 aromatic rings. The van der Waals surface area contributed by atoms with Crippen molar-refractivity contribution in [1.82, 2.24) is 0 Å². The van der Waals surface area contributed by atoms with E-state index >= 15 is 0 Å². The number of rotatable bonds is 15. The fourth-order valence-electron chi connectivity index (χ4n) is 4.22. The molecule has 0 radical (unpaired) electrons. The van der Waals surface area contributed by atoms with E-state index in [1.807, 2.05) is 54.6 Å². The number of hydrogen-bond acceptors (Lipinski definition) is 7. The molecular weight excluding hydrogens is 552 g/mol. The maximum Gasteiger partial charge on any atom is 0.339 e. The summed E-state index contributed by atoms with van der Waals surface area (Å²) < 4.78 is 48.0. The first-order chi connectivity index (χ1) is 20.3. The number of benzene rings is 4. The van der Waals surface area contributed by atoms with Gasteiger partial charge in [0.05, 0.1) is 6.10 Å². The third-order valence-corrected chi connectivity index (χ3v) is 7.59. The molecule has 0 spiro atoms. The standard InChI is InChI=1S/C34H34O7S/c1-3-10-33(29-18-22-31(23-19-29)41-42(36,37)32-13-8-5-9-14-32)40-34(39-26(2)35)24-17-27-15-20-30(21-16-27)38-25-28-11-6-4-7-12-28/h3-9,11-16,18-23,33-34H,1,10,17,24-25H2,2H3/t33-,34?/m0/s1. The molecule has 0 aliphatic heterocycles. The monoisotopic (exact) mass is 586 g/mol. The maximum absolute atomic E-state index is 12.6. The summed E-state index contributed by atoms with van der Waals surface area (Å²) in [5.41, 5.74) is 2.90. The lowest BCUT2D eigenvalue weighted by molar-refractivity contribution is -0.190. The van der Waals surface area contributed by atoms with Gasteiger partial charge in [0, 0.05) is 13.3 Å². The van der Waals surface area contributed by atoms with Crippen molar-refractivity contribution >= 4 is 16.1 Å². The molecule has 0 saturated carbocycles. The average Bonchev–Trinajstić information content (AvgIpc) is 3.00. The first-order valence-corrected chi connectivity index (χ1v) is 15.0. The van der Waals surface area contributed by atoms with Gasteiger partial charge in [-0.05, 0) is 65.9 Å². The minimum Gasteiger partial charge on any atom is -0.489 e. The highest BCUT2D eigenvalue weighted by atomic mass is 32.2. The molecule has 0 fully saturated rings. The van der Waals surface area contributed by atoms with E-state index < -0.39 is 28.5 Å². The zero-order chi connectivity index (χ0) is 29.8. The molecule has 2 atom stereocenters. The summed E-state index contributed by atoms with van der Waals surface area (Å²) >= 11 is 0. The summed E-state index contributed by atoms with van der Waals surface area (Å²) in [6.45, 7) is 5.66. The molecule has 4 aromatic carbocycles. The summed E-state index contributed by atoms with van der Waals surface area (Å²) in [4.78, 5) is 11.9. The quantitative estimate of drug-likeness (QED) is 0.0631. The molecule has 0 aliphatic carbocycles. The van der Waals surface area contributed by atoms with Crippen LogP contribution in [0, 0.1) is 0 Å². The van der Waals surface area contributed by atoms with Gasteiger partial charge in [0.15, 0.2) is 0 Å². The summed E-state index contributed by atoms with van der Waals surface area (Å²) in [6, 6.07) is 32.3. The molecule has 218 valence electrons. The van der Waals surface area contributed by atoms with E-state index in [2.05, 4.69) is 6.58 Å². The van der Waals surface area contributed by atoms with E-state index in [1.54, 1.807) is 48.5 Å². The van der Waals surface area contributed by atoms with Crippen LogP contribution in [0.25, 0.3) is 0 Å². The Balaban J connectivity index is 1.37. The Labute approximate surface area is 247 Å².